The van der Waals surface area contributed by atoms with Gasteiger partial charge >= 0.3 is 5.97 Å². The Bertz CT molecular complexity index is 709. The van der Waals surface area contributed by atoms with Crippen molar-refractivity contribution in [1.29, 1.82) is 0 Å². The van der Waals surface area contributed by atoms with Gasteiger partial charge in [-0.05, 0) is 52.2 Å². The van der Waals surface area contributed by atoms with Crippen molar-refractivity contribution in [1.82, 2.24) is 4.98 Å². The molecule has 1 aromatic carbocycles. The zero-order chi connectivity index (χ0) is 17.5. The molecule has 0 amide bonds. The van der Waals surface area contributed by atoms with Gasteiger partial charge in [-0.25, -0.2) is 9.78 Å². The number of aromatic carboxylic acids is 1. The molecule has 0 bridgehead atoms. The molecule has 1 atom stereocenters. The fourth-order valence-corrected chi connectivity index (χ4v) is 2.86. The van der Waals surface area contributed by atoms with E-state index in [1.54, 1.807) is 19.2 Å². The van der Waals surface area contributed by atoms with Crippen LogP contribution in [0.25, 0.3) is 0 Å². The minimum atomic E-state index is -1.07. The van der Waals surface area contributed by atoms with Crippen LogP contribution in [-0.4, -0.2) is 41.4 Å². The minimum absolute atomic E-state index is 0.00920. The van der Waals surface area contributed by atoms with Crippen LogP contribution in [0.5, 0.6) is 5.75 Å². The molecule has 0 aliphatic rings. The van der Waals surface area contributed by atoms with Gasteiger partial charge in [0.25, 0.3) is 0 Å². The lowest BCUT2D eigenvalue weighted by Crippen LogP contribution is -2.21. The molecule has 2 aromatic rings. The fraction of sp³-hybridized carbons (Fsp3) is 0.294. The Morgan fingerprint density at radius 2 is 2.17 bits per heavy atom. The zero-order valence-electron chi connectivity index (χ0n) is 13.2. The molecule has 0 saturated heterocycles. The number of nitrogens with zero attached hydrogens (tertiary/aromatic N) is 1. The lowest BCUT2D eigenvalue weighted by Gasteiger charge is -2.16. The number of benzene rings is 1. The summed E-state index contributed by atoms with van der Waals surface area (Å²) in [6, 6.07) is 10.6. The van der Waals surface area contributed by atoms with E-state index in [0.29, 0.717) is 18.8 Å². The van der Waals surface area contributed by atoms with Gasteiger partial charge in [0.05, 0.1) is 11.6 Å². The van der Waals surface area contributed by atoms with Crippen LogP contribution in [0.1, 0.15) is 16.1 Å². The summed E-state index contributed by atoms with van der Waals surface area (Å²) in [6.45, 7) is 0.492. The molecule has 6 nitrogen and oxygen atoms in total. The molecular formula is C17H19BrN2O4. The molecule has 24 heavy (non-hydrogen) atoms. The molecule has 0 saturated carbocycles. The summed E-state index contributed by atoms with van der Waals surface area (Å²) in [5.74, 6) is 0.136. The van der Waals surface area contributed by atoms with E-state index >= 15 is 0 Å². The van der Waals surface area contributed by atoms with Crippen molar-refractivity contribution in [3.63, 3.8) is 0 Å². The molecule has 128 valence electrons. The molecule has 0 radical (unpaired) electrons. The third kappa shape index (κ3) is 4.94. The van der Waals surface area contributed by atoms with Gasteiger partial charge in [0.1, 0.15) is 11.6 Å². The highest BCUT2D eigenvalue weighted by molar-refractivity contribution is 9.10. The number of aliphatic hydroxyl groups excluding tert-OH is 1. The Morgan fingerprint density at radius 1 is 1.38 bits per heavy atom. The molecule has 7 heteroatoms. The summed E-state index contributed by atoms with van der Waals surface area (Å²) in [5, 5.41) is 21.6. The number of hydrogen-bond acceptors (Lipinski definition) is 5. The van der Waals surface area contributed by atoms with Crippen LogP contribution in [0, 0.1) is 5.92 Å². The fourth-order valence-electron chi connectivity index (χ4n) is 2.27. The van der Waals surface area contributed by atoms with Crippen LogP contribution in [0.3, 0.4) is 0 Å². The number of pyridine rings is 1. The number of rotatable bonds is 8. The minimum Gasteiger partial charge on any atom is -0.496 e. The van der Waals surface area contributed by atoms with Crippen LogP contribution in [-0.2, 0) is 6.42 Å². The number of hydrogen-bond donors (Lipinski definition) is 3. The molecule has 0 fully saturated rings. The first kappa shape index (κ1) is 18.2. The molecule has 2 rings (SSSR count). The summed E-state index contributed by atoms with van der Waals surface area (Å²) in [5.41, 5.74) is 1.05. The monoisotopic (exact) mass is 394 g/mol. The Hall–Kier alpha value is -2.12. The number of carboxylic acid groups (broad SMARTS) is 1. The molecule has 0 spiro atoms. The lowest BCUT2D eigenvalue weighted by molar-refractivity contribution is 0.0690. The molecule has 1 aromatic heterocycles. The predicted octanol–water partition coefficient (Wildman–Crippen LogP) is 2.81. The van der Waals surface area contributed by atoms with Gasteiger partial charge in [0.15, 0.2) is 5.69 Å². The van der Waals surface area contributed by atoms with Crippen molar-refractivity contribution in [3.05, 3.63) is 52.1 Å². The summed E-state index contributed by atoms with van der Waals surface area (Å²) in [7, 11) is 1.61. The van der Waals surface area contributed by atoms with Gasteiger partial charge in [-0.1, -0.05) is 12.1 Å². The Labute approximate surface area is 148 Å². The second-order valence-electron chi connectivity index (χ2n) is 5.32. The second-order valence-corrected chi connectivity index (χ2v) is 6.17. The van der Waals surface area contributed by atoms with Gasteiger partial charge in [0.2, 0.25) is 0 Å². The second kappa shape index (κ2) is 8.65. The number of methoxy groups -OCH3 is 1. The molecule has 3 N–H and O–H groups in total. The van der Waals surface area contributed by atoms with E-state index in [-0.39, 0.29) is 18.2 Å². The van der Waals surface area contributed by atoms with Crippen LogP contribution in [0.2, 0.25) is 0 Å². The summed E-state index contributed by atoms with van der Waals surface area (Å²) >= 11 is 3.45. The van der Waals surface area contributed by atoms with Crippen molar-refractivity contribution in [2.75, 3.05) is 25.6 Å². The van der Waals surface area contributed by atoms with E-state index in [9.17, 15) is 9.90 Å². The third-order valence-electron chi connectivity index (χ3n) is 3.54. The first-order chi connectivity index (χ1) is 11.5. The normalized spacial score (nSPS) is 11.8. The number of halogens is 1. The SMILES string of the molecule is COc1ccc(CC(CO)CNc2cccc(C(=O)O)n2)cc1Br. The number of carbonyl (C=O) groups is 1. The first-order valence-electron chi connectivity index (χ1n) is 7.41. The highest BCUT2D eigenvalue weighted by Crippen LogP contribution is 2.26. The average Bonchev–Trinajstić information content (AvgIpc) is 2.59. The van der Waals surface area contributed by atoms with Gasteiger partial charge in [0, 0.05) is 19.1 Å². The number of nitrogens with one attached hydrogen (secondary N) is 1. The van der Waals surface area contributed by atoms with Gasteiger partial charge in [-0.3, -0.25) is 0 Å². The maximum absolute atomic E-state index is 10.9. The summed E-state index contributed by atoms with van der Waals surface area (Å²) in [4.78, 5) is 14.9. The number of aliphatic hydroxyl groups is 1. The maximum Gasteiger partial charge on any atom is 0.354 e. The third-order valence-corrected chi connectivity index (χ3v) is 4.16. The van der Waals surface area contributed by atoms with E-state index in [1.807, 2.05) is 18.2 Å². The van der Waals surface area contributed by atoms with E-state index in [2.05, 4.69) is 26.2 Å². The molecule has 0 aliphatic heterocycles. The van der Waals surface area contributed by atoms with Gasteiger partial charge < -0.3 is 20.3 Å². The predicted molar refractivity (Wildman–Crippen MR) is 94.7 cm³/mol. The van der Waals surface area contributed by atoms with Crippen molar-refractivity contribution >= 4 is 27.7 Å². The van der Waals surface area contributed by atoms with Crippen molar-refractivity contribution in [2.45, 2.75) is 6.42 Å². The van der Waals surface area contributed by atoms with Crippen molar-refractivity contribution < 1.29 is 19.7 Å². The molecule has 1 unspecified atom stereocenters. The molecular weight excluding hydrogens is 376 g/mol. The van der Waals surface area contributed by atoms with E-state index in [1.165, 1.54) is 6.07 Å². The highest BCUT2D eigenvalue weighted by Gasteiger charge is 2.11. The van der Waals surface area contributed by atoms with Crippen LogP contribution < -0.4 is 10.1 Å². The quantitative estimate of drug-likeness (QED) is 0.637. The lowest BCUT2D eigenvalue weighted by atomic mass is 10.00. The number of anilines is 1. The maximum atomic E-state index is 10.9. The summed E-state index contributed by atoms with van der Waals surface area (Å²) < 4.78 is 6.07. The number of carboxylic acids is 1. The number of ether oxygens (including phenoxy) is 1. The zero-order valence-corrected chi connectivity index (χ0v) is 14.8. The number of aromatic nitrogens is 1. The van der Waals surface area contributed by atoms with Crippen LogP contribution in [0.15, 0.2) is 40.9 Å². The Morgan fingerprint density at radius 3 is 2.79 bits per heavy atom. The van der Waals surface area contributed by atoms with Crippen molar-refractivity contribution in [2.24, 2.45) is 5.92 Å². The highest BCUT2D eigenvalue weighted by atomic mass is 79.9. The Balaban J connectivity index is 1.98. The smallest absolute Gasteiger partial charge is 0.354 e. The van der Waals surface area contributed by atoms with E-state index in [0.717, 1.165) is 15.8 Å². The van der Waals surface area contributed by atoms with Crippen LogP contribution in [0.4, 0.5) is 5.82 Å². The standard InChI is InChI=1S/C17H19BrN2O4/c1-24-15-6-5-11(8-13(15)18)7-12(10-21)9-19-16-4-2-3-14(20-16)17(22)23/h2-6,8,12,21H,7,9-10H2,1H3,(H,19,20)(H,22,23). The topological polar surface area (TPSA) is 91.7 Å². The van der Waals surface area contributed by atoms with E-state index < -0.39 is 5.97 Å². The average molecular weight is 395 g/mol. The van der Waals surface area contributed by atoms with Gasteiger partial charge in [-0.2, -0.15) is 0 Å². The largest absolute Gasteiger partial charge is 0.496 e. The first-order valence-corrected chi connectivity index (χ1v) is 8.20. The van der Waals surface area contributed by atoms with Crippen LogP contribution >= 0.6 is 15.9 Å². The Kier molecular flexibility index (Phi) is 6.57. The van der Waals surface area contributed by atoms with Gasteiger partial charge in [-0.15, -0.1) is 0 Å². The van der Waals surface area contributed by atoms with Crippen molar-refractivity contribution in [3.8, 4) is 5.75 Å². The molecule has 0 aliphatic carbocycles. The van der Waals surface area contributed by atoms with E-state index in [4.69, 9.17) is 9.84 Å². The molecule has 1 heterocycles. The summed E-state index contributed by atoms with van der Waals surface area (Å²) in [6.07, 6.45) is 0.671.